The first-order valence-corrected chi connectivity index (χ1v) is 11.6. The number of hydrogen-bond donors (Lipinski definition) is 0. The highest BCUT2D eigenvalue weighted by Gasteiger charge is 2.17. The van der Waals surface area contributed by atoms with E-state index in [1.165, 1.54) is 11.3 Å². The van der Waals surface area contributed by atoms with Gasteiger partial charge in [0.2, 0.25) is 0 Å². The van der Waals surface area contributed by atoms with Crippen LogP contribution in [0.2, 0.25) is 10.0 Å². The number of halogens is 2. The quantitative estimate of drug-likeness (QED) is 0.476. The average molecular weight is 442 g/mol. The summed E-state index contributed by atoms with van der Waals surface area (Å²) in [4.78, 5) is 4.47. The lowest BCUT2D eigenvalue weighted by Gasteiger charge is -2.05. The fourth-order valence-corrected chi connectivity index (χ4v) is 5.17. The summed E-state index contributed by atoms with van der Waals surface area (Å²) in [6.07, 6.45) is 0. The minimum atomic E-state index is -3.38. The van der Waals surface area contributed by atoms with Gasteiger partial charge in [0.15, 0.2) is 9.84 Å². The van der Waals surface area contributed by atoms with Crippen molar-refractivity contribution in [3.05, 3.63) is 69.1 Å². The molecule has 0 aliphatic heterocycles. The molecule has 0 saturated carbocycles. The summed E-state index contributed by atoms with van der Waals surface area (Å²) in [5.74, 6) is 0.558. The van der Waals surface area contributed by atoms with Crippen LogP contribution in [0.1, 0.15) is 18.2 Å². The molecular formula is C19H17Cl2NO3S2. The number of hydrogen-bond acceptors (Lipinski definition) is 5. The molecule has 0 radical (unpaired) electrons. The summed E-state index contributed by atoms with van der Waals surface area (Å²) in [6, 6.07) is 12.4. The molecule has 0 saturated heterocycles. The molecule has 0 aliphatic rings. The van der Waals surface area contributed by atoms with Gasteiger partial charge < -0.3 is 4.74 Å². The zero-order valence-electron chi connectivity index (χ0n) is 14.5. The zero-order valence-corrected chi connectivity index (χ0v) is 17.6. The van der Waals surface area contributed by atoms with Crippen molar-refractivity contribution in [3.63, 3.8) is 0 Å². The van der Waals surface area contributed by atoms with Crippen molar-refractivity contribution >= 4 is 44.4 Å². The van der Waals surface area contributed by atoms with E-state index in [0.717, 1.165) is 16.3 Å². The zero-order chi connectivity index (χ0) is 19.4. The summed E-state index contributed by atoms with van der Waals surface area (Å²) in [6.45, 7) is 2.54. The molecule has 2 aromatic carbocycles. The Morgan fingerprint density at radius 3 is 2.44 bits per heavy atom. The Bertz CT molecular complexity index is 1030. The minimum Gasteiger partial charge on any atom is -0.494 e. The lowest BCUT2D eigenvalue weighted by Crippen LogP contribution is -2.08. The van der Waals surface area contributed by atoms with Crippen molar-refractivity contribution in [2.75, 3.05) is 6.61 Å². The van der Waals surface area contributed by atoms with Gasteiger partial charge in [0, 0.05) is 10.9 Å². The van der Waals surface area contributed by atoms with Crippen LogP contribution in [0.25, 0.3) is 10.6 Å². The standard InChI is InChI=1S/C19H17Cl2NO3S2/c1-2-25-16-6-4-14(5-7-16)19-22-15(10-26-19)12-27(23,24)11-13-3-8-17(20)18(21)9-13/h3-10H,2,11-12H2,1H3. The van der Waals surface area contributed by atoms with Gasteiger partial charge >= 0.3 is 0 Å². The van der Waals surface area contributed by atoms with Crippen molar-refractivity contribution in [3.8, 4) is 16.3 Å². The van der Waals surface area contributed by atoms with Crippen molar-refractivity contribution < 1.29 is 13.2 Å². The average Bonchev–Trinajstić information content (AvgIpc) is 3.06. The molecule has 142 valence electrons. The van der Waals surface area contributed by atoms with E-state index < -0.39 is 9.84 Å². The van der Waals surface area contributed by atoms with Crippen molar-refractivity contribution in [2.24, 2.45) is 0 Å². The number of rotatable bonds is 7. The van der Waals surface area contributed by atoms with Crippen molar-refractivity contribution in [2.45, 2.75) is 18.4 Å². The van der Waals surface area contributed by atoms with Crippen LogP contribution >= 0.6 is 34.5 Å². The smallest absolute Gasteiger partial charge is 0.160 e. The third kappa shape index (κ3) is 5.45. The Labute approximate surface area is 172 Å². The van der Waals surface area contributed by atoms with Crippen LogP contribution in [0, 0.1) is 0 Å². The molecule has 3 aromatic rings. The number of aromatic nitrogens is 1. The van der Waals surface area contributed by atoms with Crippen LogP contribution in [0.4, 0.5) is 0 Å². The maximum Gasteiger partial charge on any atom is 0.160 e. The summed E-state index contributed by atoms with van der Waals surface area (Å²) in [5.41, 5.74) is 2.06. The minimum absolute atomic E-state index is 0.111. The SMILES string of the molecule is CCOc1ccc(-c2nc(CS(=O)(=O)Cc3ccc(Cl)c(Cl)c3)cs2)cc1. The second-order valence-corrected chi connectivity index (χ2v) is 9.62. The monoisotopic (exact) mass is 441 g/mol. The molecular weight excluding hydrogens is 425 g/mol. The van der Waals surface area contributed by atoms with Crippen LogP contribution in [0.3, 0.4) is 0 Å². The molecule has 0 atom stereocenters. The van der Waals surface area contributed by atoms with E-state index in [1.54, 1.807) is 23.6 Å². The van der Waals surface area contributed by atoms with Crippen LogP contribution in [-0.4, -0.2) is 20.0 Å². The third-order valence-corrected chi connectivity index (χ3v) is 6.89. The maximum atomic E-state index is 12.5. The Morgan fingerprint density at radius 1 is 1.04 bits per heavy atom. The summed E-state index contributed by atoms with van der Waals surface area (Å²) < 4.78 is 30.4. The Kier molecular flexibility index (Phi) is 6.42. The van der Waals surface area contributed by atoms with Gasteiger partial charge in [0.25, 0.3) is 0 Å². The van der Waals surface area contributed by atoms with Gasteiger partial charge in [-0.3, -0.25) is 0 Å². The Balaban J connectivity index is 1.71. The van der Waals surface area contributed by atoms with Crippen molar-refractivity contribution in [1.29, 1.82) is 0 Å². The van der Waals surface area contributed by atoms with Gasteiger partial charge in [-0.15, -0.1) is 11.3 Å². The molecule has 8 heteroatoms. The van der Waals surface area contributed by atoms with Crippen LogP contribution in [0.5, 0.6) is 5.75 Å². The molecule has 1 heterocycles. The number of sulfone groups is 1. The molecule has 0 unspecified atom stereocenters. The van der Waals surface area contributed by atoms with E-state index in [9.17, 15) is 8.42 Å². The Morgan fingerprint density at radius 2 is 1.78 bits per heavy atom. The number of benzene rings is 2. The van der Waals surface area contributed by atoms with E-state index in [0.29, 0.717) is 27.9 Å². The molecule has 1 aromatic heterocycles. The Hall–Kier alpha value is -1.60. The number of thiazole rings is 1. The van der Waals surface area contributed by atoms with Gasteiger partial charge in [-0.2, -0.15) is 0 Å². The van der Waals surface area contributed by atoms with Crippen LogP contribution in [-0.2, 0) is 21.3 Å². The fraction of sp³-hybridized carbons (Fsp3) is 0.211. The summed E-state index contributed by atoms with van der Waals surface area (Å²) >= 11 is 13.2. The van der Waals surface area contributed by atoms with Crippen LogP contribution < -0.4 is 4.74 Å². The van der Waals surface area contributed by atoms with E-state index in [1.807, 2.05) is 31.2 Å². The third-order valence-electron chi connectivity index (χ3n) is 3.70. The molecule has 0 amide bonds. The van der Waals surface area contributed by atoms with E-state index in [-0.39, 0.29) is 11.5 Å². The molecule has 3 rings (SSSR count). The topological polar surface area (TPSA) is 56.3 Å². The van der Waals surface area contributed by atoms with Gasteiger partial charge in [0.1, 0.15) is 10.8 Å². The highest BCUT2D eigenvalue weighted by Crippen LogP contribution is 2.27. The highest BCUT2D eigenvalue weighted by molar-refractivity contribution is 7.89. The predicted molar refractivity (Wildman–Crippen MR) is 112 cm³/mol. The first-order valence-electron chi connectivity index (χ1n) is 8.18. The second kappa shape index (κ2) is 8.61. The van der Waals surface area contributed by atoms with E-state index >= 15 is 0 Å². The summed E-state index contributed by atoms with van der Waals surface area (Å²) in [7, 11) is -3.38. The normalized spacial score (nSPS) is 11.5. The first kappa shape index (κ1) is 20.1. The fourth-order valence-electron chi connectivity index (χ4n) is 2.53. The second-order valence-electron chi connectivity index (χ2n) is 5.88. The van der Waals surface area contributed by atoms with Gasteiger partial charge in [-0.25, -0.2) is 13.4 Å². The predicted octanol–water partition coefficient (Wildman–Crippen LogP) is 5.63. The molecule has 0 N–H and O–H groups in total. The lowest BCUT2D eigenvalue weighted by molar-refractivity contribution is 0.340. The molecule has 0 bridgehead atoms. The van der Waals surface area contributed by atoms with Gasteiger partial charge in [-0.05, 0) is 48.9 Å². The van der Waals surface area contributed by atoms with Crippen molar-refractivity contribution in [1.82, 2.24) is 4.98 Å². The molecule has 4 nitrogen and oxygen atoms in total. The lowest BCUT2D eigenvalue weighted by atomic mass is 10.2. The van der Waals surface area contributed by atoms with E-state index in [4.69, 9.17) is 27.9 Å². The van der Waals surface area contributed by atoms with Gasteiger partial charge in [-0.1, -0.05) is 29.3 Å². The summed E-state index contributed by atoms with van der Waals surface area (Å²) in [5, 5.41) is 3.30. The molecule has 0 spiro atoms. The first-order chi connectivity index (χ1) is 12.9. The molecule has 27 heavy (non-hydrogen) atoms. The molecule has 0 fully saturated rings. The highest BCUT2D eigenvalue weighted by atomic mass is 35.5. The molecule has 0 aliphatic carbocycles. The largest absolute Gasteiger partial charge is 0.494 e. The number of nitrogens with zero attached hydrogens (tertiary/aromatic N) is 1. The van der Waals surface area contributed by atoms with Gasteiger partial charge in [0.05, 0.1) is 33.9 Å². The number of ether oxygens (including phenoxy) is 1. The van der Waals surface area contributed by atoms with Crippen LogP contribution in [0.15, 0.2) is 47.8 Å². The van der Waals surface area contributed by atoms with E-state index in [2.05, 4.69) is 4.98 Å². The maximum absolute atomic E-state index is 12.5.